The van der Waals surface area contributed by atoms with E-state index in [9.17, 15) is 5.11 Å². The van der Waals surface area contributed by atoms with Crippen LogP contribution in [0, 0.1) is 3.57 Å². The standard InChI is InChI=1S/C17H27IO/c1-2-3-4-5-6-7-8-9-17(19)14-15-10-12-16(18)13-11-15/h10-13,17,19H,2-9,14H2,1H3. The van der Waals surface area contributed by atoms with E-state index in [2.05, 4.69) is 53.8 Å². The number of halogens is 1. The lowest BCUT2D eigenvalue weighted by molar-refractivity contribution is 0.161. The van der Waals surface area contributed by atoms with Gasteiger partial charge in [-0.05, 0) is 53.1 Å². The van der Waals surface area contributed by atoms with Crippen LogP contribution in [0.3, 0.4) is 0 Å². The van der Waals surface area contributed by atoms with Gasteiger partial charge in [0.2, 0.25) is 0 Å². The number of hydrogen-bond acceptors (Lipinski definition) is 1. The van der Waals surface area contributed by atoms with Gasteiger partial charge in [-0.25, -0.2) is 0 Å². The molecule has 108 valence electrons. The predicted molar refractivity (Wildman–Crippen MR) is 91.5 cm³/mol. The summed E-state index contributed by atoms with van der Waals surface area (Å²) in [5.74, 6) is 0. The second-order valence-corrected chi connectivity index (χ2v) is 6.64. The molecule has 1 unspecified atom stereocenters. The minimum atomic E-state index is -0.171. The fraction of sp³-hybridized carbons (Fsp3) is 0.647. The second kappa shape index (κ2) is 10.7. The van der Waals surface area contributed by atoms with Crippen molar-refractivity contribution < 1.29 is 5.11 Å². The molecule has 19 heavy (non-hydrogen) atoms. The molecule has 1 rings (SSSR count). The number of unbranched alkanes of at least 4 members (excludes halogenated alkanes) is 6. The Morgan fingerprint density at radius 1 is 0.947 bits per heavy atom. The van der Waals surface area contributed by atoms with Crippen LogP contribution in [0.2, 0.25) is 0 Å². The Morgan fingerprint density at radius 3 is 2.16 bits per heavy atom. The summed E-state index contributed by atoms with van der Waals surface area (Å²) in [5.41, 5.74) is 1.25. The molecule has 1 aromatic rings. The van der Waals surface area contributed by atoms with Crippen LogP contribution in [0.15, 0.2) is 24.3 Å². The molecule has 0 aromatic heterocycles. The van der Waals surface area contributed by atoms with E-state index in [0.717, 1.165) is 19.3 Å². The summed E-state index contributed by atoms with van der Waals surface area (Å²) in [7, 11) is 0. The molecule has 0 saturated carbocycles. The second-order valence-electron chi connectivity index (χ2n) is 5.39. The fourth-order valence-electron chi connectivity index (χ4n) is 2.33. The van der Waals surface area contributed by atoms with Crippen molar-refractivity contribution in [2.75, 3.05) is 0 Å². The first-order chi connectivity index (χ1) is 9.22. The van der Waals surface area contributed by atoms with Gasteiger partial charge in [0, 0.05) is 3.57 Å². The van der Waals surface area contributed by atoms with E-state index in [4.69, 9.17) is 0 Å². The van der Waals surface area contributed by atoms with Crippen LogP contribution >= 0.6 is 22.6 Å². The summed E-state index contributed by atoms with van der Waals surface area (Å²) in [6, 6.07) is 8.46. The van der Waals surface area contributed by atoms with E-state index in [-0.39, 0.29) is 6.10 Å². The van der Waals surface area contributed by atoms with Gasteiger partial charge < -0.3 is 5.11 Å². The molecule has 1 nitrogen and oxygen atoms in total. The molecule has 0 aliphatic carbocycles. The van der Waals surface area contributed by atoms with Crippen LogP contribution < -0.4 is 0 Å². The molecule has 0 aliphatic heterocycles. The largest absolute Gasteiger partial charge is 0.393 e. The number of benzene rings is 1. The molecule has 1 N–H and O–H groups in total. The van der Waals surface area contributed by atoms with Crippen LogP contribution in [0.25, 0.3) is 0 Å². The van der Waals surface area contributed by atoms with Gasteiger partial charge in [0.25, 0.3) is 0 Å². The molecular formula is C17H27IO. The maximum atomic E-state index is 10.0. The van der Waals surface area contributed by atoms with Gasteiger partial charge in [-0.2, -0.15) is 0 Å². The molecule has 1 aromatic carbocycles. The summed E-state index contributed by atoms with van der Waals surface area (Å²) < 4.78 is 1.25. The Hall–Kier alpha value is -0.0900. The molecule has 0 amide bonds. The molecular weight excluding hydrogens is 347 g/mol. The first-order valence-electron chi connectivity index (χ1n) is 7.65. The molecule has 0 aliphatic rings. The third-order valence-corrected chi connectivity index (χ3v) is 4.24. The van der Waals surface area contributed by atoms with Crippen molar-refractivity contribution in [3.63, 3.8) is 0 Å². The molecule has 0 fully saturated rings. The Bertz CT molecular complexity index is 321. The van der Waals surface area contributed by atoms with E-state index in [0.29, 0.717) is 0 Å². The Balaban J connectivity index is 2.04. The normalized spacial score (nSPS) is 12.6. The van der Waals surface area contributed by atoms with Crippen LogP contribution in [0.1, 0.15) is 63.9 Å². The minimum absolute atomic E-state index is 0.171. The van der Waals surface area contributed by atoms with E-state index >= 15 is 0 Å². The molecule has 0 saturated heterocycles. The highest BCUT2D eigenvalue weighted by Crippen LogP contribution is 2.13. The highest BCUT2D eigenvalue weighted by Gasteiger charge is 2.05. The zero-order valence-corrected chi connectivity index (χ0v) is 14.2. The van der Waals surface area contributed by atoms with Crippen molar-refractivity contribution in [3.05, 3.63) is 33.4 Å². The maximum Gasteiger partial charge on any atom is 0.0580 e. The third-order valence-electron chi connectivity index (χ3n) is 3.53. The highest BCUT2D eigenvalue weighted by molar-refractivity contribution is 14.1. The van der Waals surface area contributed by atoms with Gasteiger partial charge in [-0.1, -0.05) is 64.0 Å². The van der Waals surface area contributed by atoms with Crippen molar-refractivity contribution in [1.82, 2.24) is 0 Å². The lowest BCUT2D eigenvalue weighted by atomic mass is 10.0. The van der Waals surface area contributed by atoms with Gasteiger partial charge in [-0.15, -0.1) is 0 Å². The van der Waals surface area contributed by atoms with Gasteiger partial charge in [0.1, 0.15) is 0 Å². The zero-order valence-electron chi connectivity index (χ0n) is 12.1. The number of aliphatic hydroxyl groups is 1. The maximum absolute atomic E-state index is 10.0. The monoisotopic (exact) mass is 374 g/mol. The summed E-state index contributed by atoms with van der Waals surface area (Å²) in [5, 5.41) is 10.0. The highest BCUT2D eigenvalue weighted by atomic mass is 127. The van der Waals surface area contributed by atoms with E-state index in [1.807, 2.05) is 0 Å². The quantitative estimate of drug-likeness (QED) is 0.433. The van der Waals surface area contributed by atoms with Crippen LogP contribution in [0.4, 0.5) is 0 Å². The third kappa shape index (κ3) is 8.64. The Labute approximate surface area is 132 Å². The lowest BCUT2D eigenvalue weighted by Crippen LogP contribution is -2.10. The summed E-state index contributed by atoms with van der Waals surface area (Å²) in [4.78, 5) is 0. The summed E-state index contributed by atoms with van der Waals surface area (Å²) in [6.07, 6.45) is 10.8. The predicted octanol–water partition coefficient (Wildman–Crippen LogP) is 5.34. The van der Waals surface area contributed by atoms with E-state index < -0.39 is 0 Å². The average molecular weight is 374 g/mol. The first kappa shape index (κ1) is 17.0. The SMILES string of the molecule is CCCCCCCCCC(O)Cc1ccc(I)cc1. The van der Waals surface area contributed by atoms with Crippen LogP contribution in [-0.2, 0) is 6.42 Å². The number of hydrogen-bond donors (Lipinski definition) is 1. The van der Waals surface area contributed by atoms with E-state index in [1.54, 1.807) is 0 Å². The lowest BCUT2D eigenvalue weighted by Gasteiger charge is -2.10. The molecule has 0 spiro atoms. The van der Waals surface area contributed by atoms with Crippen molar-refractivity contribution in [1.29, 1.82) is 0 Å². The van der Waals surface area contributed by atoms with Gasteiger partial charge in [0.15, 0.2) is 0 Å². The zero-order chi connectivity index (χ0) is 13.9. The molecule has 0 heterocycles. The molecule has 0 bridgehead atoms. The van der Waals surface area contributed by atoms with Gasteiger partial charge in [-0.3, -0.25) is 0 Å². The molecule has 2 heteroatoms. The smallest absolute Gasteiger partial charge is 0.0580 e. The fourth-order valence-corrected chi connectivity index (χ4v) is 2.69. The molecule has 1 atom stereocenters. The average Bonchev–Trinajstić information content (AvgIpc) is 2.40. The number of rotatable bonds is 10. The van der Waals surface area contributed by atoms with Gasteiger partial charge >= 0.3 is 0 Å². The molecule has 0 radical (unpaired) electrons. The minimum Gasteiger partial charge on any atom is -0.393 e. The summed E-state index contributed by atoms with van der Waals surface area (Å²) in [6.45, 7) is 2.25. The van der Waals surface area contributed by atoms with Crippen molar-refractivity contribution in [2.45, 2.75) is 70.8 Å². The Morgan fingerprint density at radius 2 is 1.53 bits per heavy atom. The first-order valence-corrected chi connectivity index (χ1v) is 8.72. The van der Waals surface area contributed by atoms with E-state index in [1.165, 1.54) is 47.7 Å². The summed E-state index contributed by atoms with van der Waals surface area (Å²) >= 11 is 2.31. The van der Waals surface area contributed by atoms with Crippen LogP contribution in [0.5, 0.6) is 0 Å². The van der Waals surface area contributed by atoms with Crippen molar-refractivity contribution >= 4 is 22.6 Å². The van der Waals surface area contributed by atoms with Gasteiger partial charge in [0.05, 0.1) is 6.10 Å². The van der Waals surface area contributed by atoms with Crippen molar-refractivity contribution in [3.8, 4) is 0 Å². The Kier molecular flexibility index (Phi) is 9.52. The topological polar surface area (TPSA) is 20.2 Å². The van der Waals surface area contributed by atoms with Crippen LogP contribution in [-0.4, -0.2) is 11.2 Å². The number of aliphatic hydroxyl groups excluding tert-OH is 1. The van der Waals surface area contributed by atoms with Crippen molar-refractivity contribution in [2.24, 2.45) is 0 Å².